The number of hydrogen-bond donors (Lipinski definition) is 3. The van der Waals surface area contributed by atoms with Crippen LogP contribution >= 0.6 is 11.6 Å². The van der Waals surface area contributed by atoms with E-state index in [0.717, 1.165) is 19.3 Å². The number of phenolic OH excluding ortho intramolecular Hbond substituents is 2. The molecule has 0 radical (unpaired) electrons. The highest BCUT2D eigenvalue weighted by Gasteiger charge is 2.28. The van der Waals surface area contributed by atoms with Crippen molar-refractivity contribution in [2.45, 2.75) is 25.3 Å². The molecule has 0 bridgehead atoms. The average molecular weight is 270 g/mol. The van der Waals surface area contributed by atoms with Crippen LogP contribution in [0, 0.1) is 5.92 Å². The number of carbonyl (C=O) groups is 1. The predicted molar refractivity (Wildman–Crippen MR) is 69.1 cm³/mol. The molecule has 0 spiro atoms. The molecule has 1 fully saturated rings. The van der Waals surface area contributed by atoms with E-state index in [2.05, 4.69) is 5.32 Å². The summed E-state index contributed by atoms with van der Waals surface area (Å²) in [7, 11) is 0. The fourth-order valence-electron chi connectivity index (χ4n) is 2.36. The average Bonchev–Trinajstić information content (AvgIpc) is 2.79. The van der Waals surface area contributed by atoms with Crippen LogP contribution in [0.2, 0.25) is 0 Å². The van der Waals surface area contributed by atoms with Gasteiger partial charge in [-0.05, 0) is 37.0 Å². The fourth-order valence-corrected chi connectivity index (χ4v) is 2.73. The van der Waals surface area contributed by atoms with Gasteiger partial charge in [-0.3, -0.25) is 4.79 Å². The molecule has 0 aromatic heterocycles. The highest BCUT2D eigenvalue weighted by Crippen LogP contribution is 2.28. The van der Waals surface area contributed by atoms with Gasteiger partial charge in [-0.15, -0.1) is 11.6 Å². The highest BCUT2D eigenvalue weighted by atomic mass is 35.5. The van der Waals surface area contributed by atoms with Crippen molar-refractivity contribution in [3.05, 3.63) is 23.8 Å². The lowest BCUT2D eigenvalue weighted by atomic mass is 10.1. The van der Waals surface area contributed by atoms with Gasteiger partial charge in [0.15, 0.2) is 0 Å². The van der Waals surface area contributed by atoms with Gasteiger partial charge in [0.1, 0.15) is 11.5 Å². The van der Waals surface area contributed by atoms with Crippen LogP contribution in [0.25, 0.3) is 0 Å². The van der Waals surface area contributed by atoms with Crippen LogP contribution in [0.5, 0.6) is 11.5 Å². The van der Waals surface area contributed by atoms with Crippen LogP contribution in [-0.4, -0.2) is 28.0 Å². The fraction of sp³-hybridized carbons (Fsp3) is 0.462. The Balaban J connectivity index is 2.09. The molecule has 0 heterocycles. The highest BCUT2D eigenvalue weighted by molar-refractivity contribution is 6.18. The zero-order valence-corrected chi connectivity index (χ0v) is 10.7. The molecule has 5 heteroatoms. The number of amides is 1. The van der Waals surface area contributed by atoms with Crippen molar-refractivity contribution in [1.29, 1.82) is 0 Å². The summed E-state index contributed by atoms with van der Waals surface area (Å²) in [4.78, 5) is 12.0. The summed E-state index contributed by atoms with van der Waals surface area (Å²) < 4.78 is 0. The normalized spacial score (nSPS) is 22.9. The first-order valence-electron chi connectivity index (χ1n) is 6.00. The quantitative estimate of drug-likeness (QED) is 0.582. The molecule has 4 nitrogen and oxygen atoms in total. The number of nitrogens with one attached hydrogen (secondary N) is 1. The summed E-state index contributed by atoms with van der Waals surface area (Å²) in [5.74, 6) is 0.265. The maximum Gasteiger partial charge on any atom is 0.255 e. The van der Waals surface area contributed by atoms with Gasteiger partial charge in [-0.2, -0.15) is 0 Å². The van der Waals surface area contributed by atoms with E-state index in [1.807, 2.05) is 0 Å². The lowest BCUT2D eigenvalue weighted by molar-refractivity contribution is 0.0927. The molecular formula is C13H16ClNO3. The van der Waals surface area contributed by atoms with Crippen LogP contribution in [0.4, 0.5) is 0 Å². The molecule has 1 aromatic rings. The van der Waals surface area contributed by atoms with Crippen LogP contribution < -0.4 is 5.32 Å². The standard InChI is InChI=1S/C13H16ClNO3/c14-7-8-2-1-3-11(8)15-13(18)10-6-9(16)4-5-12(10)17/h4-6,8,11,16-17H,1-3,7H2,(H,15,18). The largest absolute Gasteiger partial charge is 0.508 e. The number of carbonyl (C=O) groups excluding carboxylic acids is 1. The second-order valence-corrected chi connectivity index (χ2v) is 4.94. The Kier molecular flexibility index (Phi) is 3.97. The van der Waals surface area contributed by atoms with Crippen molar-refractivity contribution in [2.75, 3.05) is 5.88 Å². The molecule has 1 aliphatic carbocycles. The SMILES string of the molecule is O=C(NC1CCCC1CCl)c1cc(O)ccc1O. The third-order valence-electron chi connectivity index (χ3n) is 3.40. The third-order valence-corrected chi connectivity index (χ3v) is 3.79. The molecule has 98 valence electrons. The minimum absolute atomic E-state index is 0.0433. The van der Waals surface area contributed by atoms with Crippen molar-refractivity contribution >= 4 is 17.5 Å². The molecule has 2 atom stereocenters. The van der Waals surface area contributed by atoms with Gasteiger partial charge in [0.25, 0.3) is 5.91 Å². The Morgan fingerprint density at radius 3 is 2.89 bits per heavy atom. The number of phenols is 2. The molecular weight excluding hydrogens is 254 g/mol. The molecule has 1 aromatic carbocycles. The van der Waals surface area contributed by atoms with Crippen molar-refractivity contribution in [3.8, 4) is 11.5 Å². The van der Waals surface area contributed by atoms with Crippen molar-refractivity contribution < 1.29 is 15.0 Å². The van der Waals surface area contributed by atoms with Crippen LogP contribution in [-0.2, 0) is 0 Å². The van der Waals surface area contributed by atoms with Gasteiger partial charge < -0.3 is 15.5 Å². The summed E-state index contributed by atoms with van der Waals surface area (Å²) in [6.07, 6.45) is 2.97. The van der Waals surface area contributed by atoms with Gasteiger partial charge in [-0.25, -0.2) is 0 Å². The van der Waals surface area contributed by atoms with Crippen molar-refractivity contribution in [1.82, 2.24) is 5.32 Å². The smallest absolute Gasteiger partial charge is 0.255 e. The second-order valence-electron chi connectivity index (χ2n) is 4.63. The molecule has 1 aliphatic rings. The number of halogens is 1. The molecule has 0 aliphatic heterocycles. The van der Waals surface area contributed by atoms with Gasteiger partial charge in [-0.1, -0.05) is 6.42 Å². The van der Waals surface area contributed by atoms with E-state index in [4.69, 9.17) is 11.6 Å². The maximum absolute atomic E-state index is 12.0. The van der Waals surface area contributed by atoms with Crippen LogP contribution in [0.1, 0.15) is 29.6 Å². The lowest BCUT2D eigenvalue weighted by Gasteiger charge is -2.19. The molecule has 1 saturated carbocycles. The first-order chi connectivity index (χ1) is 8.61. The second kappa shape index (κ2) is 5.48. The lowest BCUT2D eigenvalue weighted by Crippen LogP contribution is -2.37. The number of aromatic hydroxyl groups is 2. The monoisotopic (exact) mass is 269 g/mol. The maximum atomic E-state index is 12.0. The first-order valence-corrected chi connectivity index (χ1v) is 6.54. The third kappa shape index (κ3) is 2.70. The van der Waals surface area contributed by atoms with E-state index in [-0.39, 0.29) is 34.9 Å². The van der Waals surface area contributed by atoms with Crippen molar-refractivity contribution in [2.24, 2.45) is 5.92 Å². The minimum atomic E-state index is -0.370. The van der Waals surface area contributed by atoms with E-state index in [1.165, 1.54) is 18.2 Å². The molecule has 0 saturated heterocycles. The van der Waals surface area contributed by atoms with E-state index >= 15 is 0 Å². The Labute approximate surface area is 111 Å². The van der Waals surface area contributed by atoms with Gasteiger partial charge in [0, 0.05) is 11.9 Å². The van der Waals surface area contributed by atoms with Crippen LogP contribution in [0.3, 0.4) is 0 Å². The Bertz CT molecular complexity index is 450. The molecule has 2 rings (SSSR count). The molecule has 1 amide bonds. The summed E-state index contributed by atoms with van der Waals surface area (Å²) in [5, 5.41) is 21.8. The van der Waals surface area contributed by atoms with E-state index < -0.39 is 0 Å². The summed E-state index contributed by atoms with van der Waals surface area (Å²) >= 11 is 5.85. The molecule has 3 N–H and O–H groups in total. The summed E-state index contributed by atoms with van der Waals surface area (Å²) in [6, 6.07) is 3.95. The number of alkyl halides is 1. The number of benzene rings is 1. The minimum Gasteiger partial charge on any atom is -0.508 e. The van der Waals surface area contributed by atoms with Gasteiger partial charge >= 0.3 is 0 Å². The van der Waals surface area contributed by atoms with E-state index in [0.29, 0.717) is 5.88 Å². The first kappa shape index (κ1) is 13.0. The number of hydrogen-bond acceptors (Lipinski definition) is 3. The summed E-state index contributed by atoms with van der Waals surface area (Å²) in [5.41, 5.74) is 0.0928. The molecule has 2 unspecified atom stereocenters. The Morgan fingerprint density at radius 1 is 1.39 bits per heavy atom. The predicted octanol–water partition coefficient (Wildman–Crippen LogP) is 2.24. The van der Waals surface area contributed by atoms with Crippen LogP contribution in [0.15, 0.2) is 18.2 Å². The topological polar surface area (TPSA) is 69.6 Å². The zero-order valence-electron chi connectivity index (χ0n) is 9.90. The Hall–Kier alpha value is -1.42. The molecule has 18 heavy (non-hydrogen) atoms. The summed E-state index contributed by atoms with van der Waals surface area (Å²) in [6.45, 7) is 0. The zero-order chi connectivity index (χ0) is 13.1. The number of rotatable bonds is 3. The Morgan fingerprint density at radius 2 is 2.17 bits per heavy atom. The van der Waals surface area contributed by atoms with Gasteiger partial charge in [0.2, 0.25) is 0 Å². The van der Waals surface area contributed by atoms with E-state index in [1.54, 1.807) is 0 Å². The van der Waals surface area contributed by atoms with E-state index in [9.17, 15) is 15.0 Å². The van der Waals surface area contributed by atoms with Crippen molar-refractivity contribution in [3.63, 3.8) is 0 Å². The van der Waals surface area contributed by atoms with Gasteiger partial charge in [0.05, 0.1) is 5.56 Å².